The van der Waals surface area contributed by atoms with E-state index < -0.39 is 0 Å². The van der Waals surface area contributed by atoms with Crippen LogP contribution in [0.25, 0.3) is 5.57 Å². The molecule has 1 rings (SSSR count). The lowest BCUT2D eigenvalue weighted by molar-refractivity contribution is 0.368. The number of methoxy groups -OCH3 is 1. The van der Waals surface area contributed by atoms with Crippen LogP contribution in [0.2, 0.25) is 0 Å². The predicted molar refractivity (Wildman–Crippen MR) is 60.3 cm³/mol. The zero-order valence-corrected chi connectivity index (χ0v) is 9.46. The standard InChI is InChI=1S/C12H16O3/c1-7(2)8(3)9-5-11(14)12(15-4)6-10(9)13/h5-6,13-14H,1-4H3. The molecule has 0 aliphatic rings. The summed E-state index contributed by atoms with van der Waals surface area (Å²) in [5, 5.41) is 19.3. The maximum absolute atomic E-state index is 9.74. The maximum Gasteiger partial charge on any atom is 0.164 e. The summed E-state index contributed by atoms with van der Waals surface area (Å²) in [5.74, 6) is 0.423. The van der Waals surface area contributed by atoms with Gasteiger partial charge in [0.25, 0.3) is 0 Å². The minimum Gasteiger partial charge on any atom is -0.507 e. The average molecular weight is 208 g/mol. The number of benzene rings is 1. The Morgan fingerprint density at radius 1 is 1.07 bits per heavy atom. The lowest BCUT2D eigenvalue weighted by Gasteiger charge is -2.10. The largest absolute Gasteiger partial charge is 0.507 e. The molecule has 0 aliphatic heterocycles. The Bertz CT molecular complexity index is 402. The van der Waals surface area contributed by atoms with Crippen LogP contribution in [0, 0.1) is 0 Å². The van der Waals surface area contributed by atoms with Gasteiger partial charge in [-0.1, -0.05) is 5.57 Å². The van der Waals surface area contributed by atoms with E-state index in [9.17, 15) is 10.2 Å². The van der Waals surface area contributed by atoms with Crippen molar-refractivity contribution in [2.75, 3.05) is 7.11 Å². The minimum absolute atomic E-state index is 0.0332. The second-order valence-corrected chi connectivity index (χ2v) is 3.67. The van der Waals surface area contributed by atoms with Gasteiger partial charge in [-0.3, -0.25) is 0 Å². The summed E-state index contributed by atoms with van der Waals surface area (Å²) in [4.78, 5) is 0. The van der Waals surface area contributed by atoms with Crippen molar-refractivity contribution >= 4 is 5.57 Å². The molecule has 82 valence electrons. The second kappa shape index (κ2) is 4.26. The van der Waals surface area contributed by atoms with Crippen LogP contribution in [0.5, 0.6) is 17.2 Å². The first kappa shape index (κ1) is 11.4. The monoisotopic (exact) mass is 208 g/mol. The summed E-state index contributed by atoms with van der Waals surface area (Å²) < 4.78 is 4.89. The van der Waals surface area contributed by atoms with Crippen LogP contribution in [-0.4, -0.2) is 17.3 Å². The Kier molecular flexibility index (Phi) is 3.24. The smallest absolute Gasteiger partial charge is 0.164 e. The molecule has 0 fully saturated rings. The number of phenols is 2. The van der Waals surface area contributed by atoms with Crippen molar-refractivity contribution in [3.8, 4) is 17.2 Å². The number of rotatable bonds is 2. The molecule has 0 amide bonds. The molecule has 0 atom stereocenters. The number of hydrogen-bond donors (Lipinski definition) is 2. The predicted octanol–water partition coefficient (Wildman–Crippen LogP) is 2.92. The quantitative estimate of drug-likeness (QED) is 0.735. The lowest BCUT2D eigenvalue weighted by Crippen LogP contribution is -1.88. The molecule has 1 aromatic rings. The highest BCUT2D eigenvalue weighted by Gasteiger charge is 2.10. The van der Waals surface area contributed by atoms with Gasteiger partial charge in [-0.2, -0.15) is 0 Å². The van der Waals surface area contributed by atoms with Crippen LogP contribution in [-0.2, 0) is 0 Å². The zero-order valence-electron chi connectivity index (χ0n) is 9.46. The van der Waals surface area contributed by atoms with Gasteiger partial charge < -0.3 is 14.9 Å². The number of hydrogen-bond acceptors (Lipinski definition) is 3. The molecular formula is C12H16O3. The van der Waals surface area contributed by atoms with Crippen LogP contribution in [0.15, 0.2) is 17.7 Å². The van der Waals surface area contributed by atoms with Crippen LogP contribution < -0.4 is 4.74 Å². The van der Waals surface area contributed by atoms with Gasteiger partial charge in [0.2, 0.25) is 0 Å². The normalized spacial score (nSPS) is 9.87. The molecule has 0 aromatic heterocycles. The van der Waals surface area contributed by atoms with E-state index in [4.69, 9.17) is 4.74 Å². The highest BCUT2D eigenvalue weighted by atomic mass is 16.5. The molecule has 3 heteroatoms. The molecule has 0 saturated carbocycles. The zero-order chi connectivity index (χ0) is 11.6. The fourth-order valence-electron chi connectivity index (χ4n) is 1.29. The molecule has 0 saturated heterocycles. The van der Waals surface area contributed by atoms with Crippen molar-refractivity contribution in [1.82, 2.24) is 0 Å². The van der Waals surface area contributed by atoms with Crippen molar-refractivity contribution in [2.45, 2.75) is 20.8 Å². The Balaban J connectivity index is 3.35. The van der Waals surface area contributed by atoms with Crippen molar-refractivity contribution in [1.29, 1.82) is 0 Å². The summed E-state index contributed by atoms with van der Waals surface area (Å²) in [6, 6.07) is 2.92. The molecule has 0 heterocycles. The van der Waals surface area contributed by atoms with Crippen LogP contribution in [0.4, 0.5) is 0 Å². The van der Waals surface area contributed by atoms with E-state index in [1.54, 1.807) is 0 Å². The molecule has 2 N–H and O–H groups in total. The Morgan fingerprint density at radius 3 is 2.13 bits per heavy atom. The SMILES string of the molecule is COc1cc(O)c(C(C)=C(C)C)cc1O. The van der Waals surface area contributed by atoms with Crippen molar-refractivity contribution in [3.63, 3.8) is 0 Å². The third-order valence-electron chi connectivity index (χ3n) is 2.45. The lowest BCUT2D eigenvalue weighted by atomic mass is 10.0. The number of aromatic hydroxyl groups is 2. The average Bonchev–Trinajstić information content (AvgIpc) is 2.19. The van der Waals surface area contributed by atoms with Gasteiger partial charge in [-0.25, -0.2) is 0 Å². The first-order chi connectivity index (χ1) is 6.97. The van der Waals surface area contributed by atoms with Crippen LogP contribution in [0.1, 0.15) is 26.3 Å². The van der Waals surface area contributed by atoms with Crippen molar-refractivity contribution < 1.29 is 14.9 Å². The van der Waals surface area contributed by atoms with Crippen molar-refractivity contribution in [3.05, 3.63) is 23.3 Å². The molecule has 15 heavy (non-hydrogen) atoms. The van der Waals surface area contributed by atoms with E-state index in [0.29, 0.717) is 5.56 Å². The molecular weight excluding hydrogens is 192 g/mol. The van der Waals surface area contributed by atoms with Crippen LogP contribution in [0.3, 0.4) is 0 Å². The van der Waals surface area contributed by atoms with Gasteiger partial charge >= 0.3 is 0 Å². The van der Waals surface area contributed by atoms with E-state index in [1.807, 2.05) is 20.8 Å². The fourth-order valence-corrected chi connectivity index (χ4v) is 1.29. The molecule has 0 unspecified atom stereocenters. The van der Waals surface area contributed by atoms with Gasteiger partial charge in [0.15, 0.2) is 11.5 Å². The van der Waals surface area contributed by atoms with Crippen molar-refractivity contribution in [2.24, 2.45) is 0 Å². The summed E-state index contributed by atoms with van der Waals surface area (Å²) in [6.45, 7) is 5.81. The maximum atomic E-state index is 9.74. The third kappa shape index (κ3) is 2.24. The Labute approximate surface area is 89.6 Å². The van der Waals surface area contributed by atoms with E-state index >= 15 is 0 Å². The Morgan fingerprint density at radius 2 is 1.67 bits per heavy atom. The van der Waals surface area contributed by atoms with E-state index in [1.165, 1.54) is 19.2 Å². The fraction of sp³-hybridized carbons (Fsp3) is 0.333. The molecule has 3 nitrogen and oxygen atoms in total. The highest BCUT2D eigenvalue weighted by Crippen LogP contribution is 2.37. The summed E-state index contributed by atoms with van der Waals surface area (Å²) in [5.41, 5.74) is 2.67. The molecule has 1 aromatic carbocycles. The first-order valence-corrected chi connectivity index (χ1v) is 4.71. The summed E-state index contributed by atoms with van der Waals surface area (Å²) >= 11 is 0. The summed E-state index contributed by atoms with van der Waals surface area (Å²) in [7, 11) is 1.45. The van der Waals surface area contributed by atoms with E-state index in [-0.39, 0.29) is 17.2 Å². The van der Waals surface area contributed by atoms with Gasteiger partial charge in [-0.05, 0) is 32.4 Å². The molecule has 0 bridgehead atoms. The Hall–Kier alpha value is -1.64. The van der Waals surface area contributed by atoms with E-state index in [2.05, 4.69) is 0 Å². The highest BCUT2D eigenvalue weighted by molar-refractivity contribution is 5.73. The summed E-state index contributed by atoms with van der Waals surface area (Å²) in [6.07, 6.45) is 0. The molecule has 0 radical (unpaired) electrons. The first-order valence-electron chi connectivity index (χ1n) is 4.71. The molecule has 0 aliphatic carbocycles. The van der Waals surface area contributed by atoms with Gasteiger partial charge in [0.05, 0.1) is 7.11 Å². The minimum atomic E-state index is 0.0332. The number of allylic oxidation sites excluding steroid dienone is 2. The van der Waals surface area contributed by atoms with Gasteiger partial charge in [0, 0.05) is 11.6 Å². The molecule has 0 spiro atoms. The number of phenolic OH excluding ortho intramolecular Hbond substituents is 2. The third-order valence-corrected chi connectivity index (χ3v) is 2.45. The van der Waals surface area contributed by atoms with Crippen LogP contribution >= 0.6 is 0 Å². The van der Waals surface area contributed by atoms with Gasteiger partial charge in [0.1, 0.15) is 5.75 Å². The van der Waals surface area contributed by atoms with Gasteiger partial charge in [-0.15, -0.1) is 0 Å². The topological polar surface area (TPSA) is 49.7 Å². The van der Waals surface area contributed by atoms with E-state index in [0.717, 1.165) is 11.1 Å². The second-order valence-electron chi connectivity index (χ2n) is 3.67. The number of ether oxygens (including phenoxy) is 1.